The first kappa shape index (κ1) is 13.4. The molecule has 0 spiro atoms. The van der Waals surface area contributed by atoms with E-state index in [0.29, 0.717) is 0 Å². The normalized spacial score (nSPS) is 11.6. The van der Waals surface area contributed by atoms with Crippen molar-refractivity contribution in [3.63, 3.8) is 0 Å². The predicted octanol–water partition coefficient (Wildman–Crippen LogP) is -0.407. The minimum absolute atomic E-state index is 0.274. The number of ether oxygens (including phenoxy) is 1. The molecule has 0 aliphatic heterocycles. The van der Waals surface area contributed by atoms with Gasteiger partial charge in [0.25, 0.3) is 0 Å². The fourth-order valence-electron chi connectivity index (χ4n) is 0.936. The van der Waals surface area contributed by atoms with E-state index < -0.39 is 18.0 Å². The van der Waals surface area contributed by atoms with Crippen LogP contribution in [0.3, 0.4) is 0 Å². The Morgan fingerprint density at radius 1 is 1.40 bits per heavy atom. The third-order valence-corrected chi connectivity index (χ3v) is 1.69. The largest absolute Gasteiger partial charge is 0.545 e. The van der Waals surface area contributed by atoms with Crippen LogP contribution < -0.4 is 5.11 Å². The van der Waals surface area contributed by atoms with Crippen LogP contribution in [-0.2, 0) is 19.1 Å². The van der Waals surface area contributed by atoms with Crippen molar-refractivity contribution in [3.8, 4) is 0 Å². The second-order valence-electron chi connectivity index (χ2n) is 3.08. The van der Waals surface area contributed by atoms with Crippen LogP contribution in [0.5, 0.6) is 0 Å². The van der Waals surface area contributed by atoms with E-state index in [9.17, 15) is 19.5 Å². The van der Waals surface area contributed by atoms with Gasteiger partial charge in [0.2, 0.25) is 0 Å². The van der Waals surface area contributed by atoms with Crippen molar-refractivity contribution in [1.29, 1.82) is 0 Å². The molecule has 0 saturated carbocycles. The number of ketones is 1. The fourth-order valence-corrected chi connectivity index (χ4v) is 0.936. The molecule has 0 saturated heterocycles. The minimum atomic E-state index is -1.46. The minimum Gasteiger partial charge on any atom is -0.545 e. The molecule has 5 heteroatoms. The highest BCUT2D eigenvalue weighted by Gasteiger charge is 2.17. The van der Waals surface area contributed by atoms with Gasteiger partial charge >= 0.3 is 5.97 Å². The van der Waals surface area contributed by atoms with Gasteiger partial charge in [0.1, 0.15) is 18.3 Å². The average Bonchev–Trinajstić information content (AvgIpc) is 2.11. The van der Waals surface area contributed by atoms with Crippen LogP contribution in [0.25, 0.3) is 0 Å². The monoisotopic (exact) mass is 213 g/mol. The fraction of sp³-hybridized carbons (Fsp3) is 0.500. The summed E-state index contributed by atoms with van der Waals surface area (Å²) in [6.45, 7) is 6.12. The number of carbonyl (C=O) groups excluding carboxylic acids is 3. The van der Waals surface area contributed by atoms with Gasteiger partial charge in [-0.3, -0.25) is 9.59 Å². The quantitative estimate of drug-likeness (QED) is 0.340. The summed E-state index contributed by atoms with van der Waals surface area (Å²) in [5, 5.41) is 10.4. The van der Waals surface area contributed by atoms with E-state index >= 15 is 0 Å². The number of esters is 1. The van der Waals surface area contributed by atoms with Crippen LogP contribution in [0.1, 0.15) is 26.7 Å². The molecule has 0 aromatic carbocycles. The molecule has 1 unspecified atom stereocenters. The number of carboxylic acid groups (broad SMARTS) is 1. The SMILES string of the molecule is C=C(C(=O)[O-])C(CC)OC(=O)CC(C)=O. The first-order valence-corrected chi connectivity index (χ1v) is 4.47. The molecule has 0 rings (SSSR count). The molecule has 0 radical (unpaired) electrons. The summed E-state index contributed by atoms with van der Waals surface area (Å²) in [6, 6.07) is 0. The lowest BCUT2D eigenvalue weighted by molar-refractivity contribution is -0.300. The van der Waals surface area contributed by atoms with Gasteiger partial charge in [0.05, 0.1) is 5.97 Å². The van der Waals surface area contributed by atoms with Gasteiger partial charge in [-0.1, -0.05) is 13.5 Å². The zero-order valence-electron chi connectivity index (χ0n) is 8.74. The van der Waals surface area contributed by atoms with E-state index in [1.54, 1.807) is 6.92 Å². The summed E-state index contributed by atoms with van der Waals surface area (Å²) in [5.41, 5.74) is -0.297. The molecule has 1 atom stereocenters. The van der Waals surface area contributed by atoms with Gasteiger partial charge < -0.3 is 14.6 Å². The van der Waals surface area contributed by atoms with Crippen molar-refractivity contribution >= 4 is 17.7 Å². The van der Waals surface area contributed by atoms with Gasteiger partial charge in [0, 0.05) is 5.57 Å². The van der Waals surface area contributed by atoms with Crippen LogP contribution in [0.2, 0.25) is 0 Å². The van der Waals surface area contributed by atoms with E-state index in [1.807, 2.05) is 0 Å². The number of carboxylic acids is 1. The van der Waals surface area contributed by atoms with E-state index in [1.165, 1.54) is 6.92 Å². The first-order chi connectivity index (χ1) is 6.88. The Kier molecular flexibility index (Phi) is 5.30. The molecular weight excluding hydrogens is 200 g/mol. The summed E-state index contributed by atoms with van der Waals surface area (Å²) in [7, 11) is 0. The van der Waals surface area contributed by atoms with Crippen molar-refractivity contribution in [1.82, 2.24) is 0 Å². The highest BCUT2D eigenvalue weighted by molar-refractivity contribution is 5.94. The summed E-state index contributed by atoms with van der Waals surface area (Å²) in [5.74, 6) is -2.55. The second-order valence-corrected chi connectivity index (χ2v) is 3.08. The van der Waals surface area contributed by atoms with Crippen LogP contribution in [-0.4, -0.2) is 23.8 Å². The Morgan fingerprint density at radius 3 is 2.27 bits per heavy atom. The second kappa shape index (κ2) is 5.95. The number of Topliss-reactive ketones (excluding diaryl/α,β-unsaturated/α-hetero) is 1. The van der Waals surface area contributed by atoms with Crippen LogP contribution in [0, 0.1) is 0 Å². The standard InChI is InChI=1S/C10H14O5/c1-4-8(7(3)10(13)14)15-9(12)5-6(2)11/h8H,3-5H2,1-2H3,(H,13,14)/p-1. The summed E-state index contributed by atoms with van der Waals surface area (Å²) >= 11 is 0. The lowest BCUT2D eigenvalue weighted by atomic mass is 10.1. The third kappa shape index (κ3) is 4.95. The van der Waals surface area contributed by atoms with Gasteiger partial charge in [-0.25, -0.2) is 0 Å². The van der Waals surface area contributed by atoms with Crippen molar-refractivity contribution in [2.75, 3.05) is 0 Å². The predicted molar refractivity (Wildman–Crippen MR) is 49.6 cm³/mol. The average molecular weight is 213 g/mol. The van der Waals surface area contributed by atoms with Gasteiger partial charge in [-0.15, -0.1) is 0 Å². The molecule has 0 N–H and O–H groups in total. The van der Waals surface area contributed by atoms with Gasteiger partial charge in [-0.2, -0.15) is 0 Å². The number of carbonyl (C=O) groups is 3. The topological polar surface area (TPSA) is 83.5 Å². The molecule has 0 aliphatic carbocycles. The molecular formula is C10H13O5-. The zero-order chi connectivity index (χ0) is 12.0. The van der Waals surface area contributed by atoms with Crippen molar-refractivity contribution in [2.45, 2.75) is 32.8 Å². The Morgan fingerprint density at radius 2 is 1.93 bits per heavy atom. The number of rotatable bonds is 6. The van der Waals surface area contributed by atoms with Crippen molar-refractivity contribution in [2.24, 2.45) is 0 Å². The molecule has 0 bridgehead atoms. The van der Waals surface area contributed by atoms with Crippen molar-refractivity contribution < 1.29 is 24.2 Å². The number of hydrogen-bond donors (Lipinski definition) is 0. The summed E-state index contributed by atoms with van der Waals surface area (Å²) < 4.78 is 4.75. The summed E-state index contributed by atoms with van der Waals surface area (Å²) in [4.78, 5) is 32.1. The molecule has 5 nitrogen and oxygen atoms in total. The van der Waals surface area contributed by atoms with E-state index in [4.69, 9.17) is 4.74 Å². The molecule has 0 aromatic rings. The molecule has 0 amide bonds. The van der Waals surface area contributed by atoms with Gasteiger partial charge in [0.15, 0.2) is 0 Å². The highest BCUT2D eigenvalue weighted by atomic mass is 16.5. The molecule has 15 heavy (non-hydrogen) atoms. The lowest BCUT2D eigenvalue weighted by Gasteiger charge is -2.18. The number of hydrogen-bond acceptors (Lipinski definition) is 5. The van der Waals surface area contributed by atoms with Crippen molar-refractivity contribution in [3.05, 3.63) is 12.2 Å². The third-order valence-electron chi connectivity index (χ3n) is 1.69. The molecule has 0 aromatic heterocycles. The van der Waals surface area contributed by atoms with E-state index in [-0.39, 0.29) is 24.2 Å². The zero-order valence-corrected chi connectivity index (χ0v) is 8.74. The van der Waals surface area contributed by atoms with Crippen LogP contribution in [0.15, 0.2) is 12.2 Å². The molecule has 0 fully saturated rings. The van der Waals surface area contributed by atoms with Gasteiger partial charge in [-0.05, 0) is 13.3 Å². The maximum absolute atomic E-state index is 11.1. The molecule has 84 valence electrons. The lowest BCUT2D eigenvalue weighted by Crippen LogP contribution is -2.32. The van der Waals surface area contributed by atoms with E-state index in [0.717, 1.165) is 0 Å². The molecule has 0 aliphatic rings. The van der Waals surface area contributed by atoms with E-state index in [2.05, 4.69) is 6.58 Å². The van der Waals surface area contributed by atoms with Crippen LogP contribution >= 0.6 is 0 Å². The highest BCUT2D eigenvalue weighted by Crippen LogP contribution is 2.09. The molecule has 0 heterocycles. The Hall–Kier alpha value is -1.65. The maximum atomic E-state index is 11.1. The Bertz CT molecular complexity index is 292. The smallest absolute Gasteiger partial charge is 0.313 e. The Balaban J connectivity index is 4.33. The number of aliphatic carboxylic acids is 1. The summed E-state index contributed by atoms with van der Waals surface area (Å²) in [6.07, 6.45) is -1.02. The van der Waals surface area contributed by atoms with Crippen LogP contribution in [0.4, 0.5) is 0 Å². The Labute approximate surface area is 87.7 Å². The maximum Gasteiger partial charge on any atom is 0.313 e. The first-order valence-electron chi connectivity index (χ1n) is 4.47.